The van der Waals surface area contributed by atoms with Gasteiger partial charge in [0.1, 0.15) is 12.1 Å². The van der Waals surface area contributed by atoms with E-state index in [2.05, 4.69) is 77.0 Å². The van der Waals surface area contributed by atoms with Crippen molar-refractivity contribution >= 4 is 23.8 Å². The first-order valence-corrected chi connectivity index (χ1v) is 15.4. The summed E-state index contributed by atoms with van der Waals surface area (Å²) in [7, 11) is 1.21. The second-order valence-electron chi connectivity index (χ2n) is 9.79. The van der Waals surface area contributed by atoms with Gasteiger partial charge in [-0.25, -0.2) is 9.59 Å². The molecule has 0 spiro atoms. The largest absolute Gasteiger partial charge is 0.466 e. The van der Waals surface area contributed by atoms with Gasteiger partial charge in [-0.05, 0) is 64.2 Å². The summed E-state index contributed by atoms with van der Waals surface area (Å²) in [6.07, 6.45) is 29.8. The van der Waals surface area contributed by atoms with Gasteiger partial charge in [-0.1, -0.05) is 67.7 Å². The summed E-state index contributed by atoms with van der Waals surface area (Å²) >= 11 is 0. The van der Waals surface area contributed by atoms with Crippen molar-refractivity contribution in [2.45, 2.75) is 89.7 Å². The fourth-order valence-electron chi connectivity index (χ4n) is 3.60. The number of allylic oxidation sites excluding steroid dienone is 10. The van der Waals surface area contributed by atoms with Crippen molar-refractivity contribution in [3.8, 4) is 0 Å². The number of nitrogens with one attached hydrogen (secondary N) is 2. The fourth-order valence-corrected chi connectivity index (χ4v) is 3.60. The van der Waals surface area contributed by atoms with Gasteiger partial charge in [0.15, 0.2) is 0 Å². The maximum absolute atomic E-state index is 12.6. The minimum Gasteiger partial charge on any atom is -0.466 e. The zero-order valence-electron chi connectivity index (χ0n) is 26.3. The summed E-state index contributed by atoms with van der Waals surface area (Å²) in [6, 6.07) is -0.952. The molecular formula is C34H52N2O8. The molecule has 1 atom stereocenters. The van der Waals surface area contributed by atoms with Crippen LogP contribution < -0.4 is 10.6 Å². The summed E-state index contributed by atoms with van der Waals surface area (Å²) in [5.41, 5.74) is 0. The summed E-state index contributed by atoms with van der Waals surface area (Å²) in [5, 5.41) is 23.8. The molecule has 0 rings (SSSR count). The highest BCUT2D eigenvalue weighted by molar-refractivity contribution is 5.94. The van der Waals surface area contributed by atoms with E-state index < -0.39 is 43.2 Å². The van der Waals surface area contributed by atoms with Crippen LogP contribution in [-0.2, 0) is 28.7 Å². The van der Waals surface area contributed by atoms with Gasteiger partial charge in [-0.15, -0.1) is 0 Å². The topological polar surface area (TPSA) is 151 Å². The van der Waals surface area contributed by atoms with E-state index in [1.54, 1.807) is 0 Å². The average molecular weight is 617 g/mol. The van der Waals surface area contributed by atoms with Gasteiger partial charge in [0.25, 0.3) is 0 Å². The molecule has 4 N–H and O–H groups in total. The molecule has 246 valence electrons. The van der Waals surface area contributed by atoms with Crippen molar-refractivity contribution in [1.29, 1.82) is 0 Å². The van der Waals surface area contributed by atoms with Gasteiger partial charge in [-0.2, -0.15) is 0 Å². The predicted molar refractivity (Wildman–Crippen MR) is 172 cm³/mol. The first-order chi connectivity index (χ1) is 21.4. The van der Waals surface area contributed by atoms with Crippen molar-refractivity contribution in [2.75, 3.05) is 26.9 Å². The molecule has 0 aliphatic heterocycles. The monoisotopic (exact) mass is 616 g/mol. The average Bonchev–Trinajstić information content (AvgIpc) is 3.02. The number of carbonyl (C=O) groups excluding carboxylic acids is 4. The van der Waals surface area contributed by atoms with Crippen LogP contribution in [0.2, 0.25) is 0 Å². The van der Waals surface area contributed by atoms with Crippen molar-refractivity contribution in [3.63, 3.8) is 0 Å². The first kappa shape index (κ1) is 40.2. The normalized spacial score (nSPS) is 12.8. The van der Waals surface area contributed by atoms with Crippen LogP contribution in [0.5, 0.6) is 0 Å². The van der Waals surface area contributed by atoms with E-state index in [-0.39, 0.29) is 18.7 Å². The maximum atomic E-state index is 12.6. The van der Waals surface area contributed by atoms with E-state index in [0.717, 1.165) is 50.7 Å². The highest BCUT2D eigenvalue weighted by Crippen LogP contribution is 2.07. The van der Waals surface area contributed by atoms with Gasteiger partial charge in [0.05, 0.1) is 20.3 Å². The molecule has 0 aromatic rings. The highest BCUT2D eigenvalue weighted by atomic mass is 16.6. The molecular weight excluding hydrogens is 564 g/mol. The van der Waals surface area contributed by atoms with Crippen molar-refractivity contribution in [3.05, 3.63) is 72.9 Å². The van der Waals surface area contributed by atoms with Crippen molar-refractivity contribution < 1.29 is 38.9 Å². The minimum absolute atomic E-state index is 0.226. The SMILES string of the molecule is CC/C=C\C/C=C\C/C=C\C/C=C\C/C=C\CCCC(=O)N[C@@H](CCCCNC(=O)/C=C/C(=O)OC)C(=O)OC(CO)CO. The molecule has 0 aliphatic rings. The predicted octanol–water partition coefficient (Wildman–Crippen LogP) is 4.31. The molecule has 0 saturated carbocycles. The van der Waals surface area contributed by atoms with E-state index in [0.29, 0.717) is 25.8 Å². The van der Waals surface area contributed by atoms with Crippen LogP contribution in [0.1, 0.15) is 77.6 Å². The quantitative estimate of drug-likeness (QED) is 0.0513. The van der Waals surface area contributed by atoms with Gasteiger partial charge in [-0.3, -0.25) is 9.59 Å². The van der Waals surface area contributed by atoms with Crippen LogP contribution in [0.15, 0.2) is 72.9 Å². The van der Waals surface area contributed by atoms with Crippen LogP contribution in [0, 0.1) is 0 Å². The van der Waals surface area contributed by atoms with Crippen molar-refractivity contribution in [2.24, 2.45) is 0 Å². The van der Waals surface area contributed by atoms with E-state index in [1.807, 2.05) is 6.08 Å². The molecule has 0 aromatic heterocycles. The Hall–Kier alpha value is -3.76. The van der Waals surface area contributed by atoms with E-state index in [9.17, 15) is 29.4 Å². The Morgan fingerprint density at radius 2 is 1.32 bits per heavy atom. The molecule has 0 fully saturated rings. The van der Waals surface area contributed by atoms with Crippen LogP contribution in [0.4, 0.5) is 0 Å². The summed E-state index contributed by atoms with van der Waals surface area (Å²) in [5.74, 6) is -2.14. The number of rotatable bonds is 25. The third kappa shape index (κ3) is 24.8. The number of esters is 2. The molecule has 0 aromatic carbocycles. The van der Waals surface area contributed by atoms with Crippen LogP contribution in [-0.4, -0.2) is 73.0 Å². The van der Waals surface area contributed by atoms with Gasteiger partial charge < -0.3 is 30.3 Å². The Bertz CT molecular complexity index is 978. The third-order valence-corrected chi connectivity index (χ3v) is 6.03. The van der Waals surface area contributed by atoms with Gasteiger partial charge >= 0.3 is 11.9 Å². The summed E-state index contributed by atoms with van der Waals surface area (Å²) in [6.45, 7) is 1.34. The Labute approximate surface area is 262 Å². The lowest BCUT2D eigenvalue weighted by Gasteiger charge is -2.20. The lowest BCUT2D eigenvalue weighted by atomic mass is 10.1. The lowest BCUT2D eigenvalue weighted by molar-refractivity contribution is -0.157. The minimum atomic E-state index is -1.07. The van der Waals surface area contributed by atoms with Crippen LogP contribution >= 0.6 is 0 Å². The number of hydrogen-bond donors (Lipinski definition) is 4. The molecule has 10 heteroatoms. The number of ether oxygens (including phenoxy) is 2. The Kier molecular flexibility index (Phi) is 26.8. The smallest absolute Gasteiger partial charge is 0.330 e. The lowest BCUT2D eigenvalue weighted by Crippen LogP contribution is -2.44. The van der Waals surface area contributed by atoms with E-state index in [4.69, 9.17) is 4.74 Å². The summed E-state index contributed by atoms with van der Waals surface area (Å²) < 4.78 is 9.53. The number of unbranched alkanes of at least 4 members (excludes halogenated alkanes) is 2. The Balaban J connectivity index is 4.41. The molecule has 0 radical (unpaired) electrons. The zero-order valence-corrected chi connectivity index (χ0v) is 26.3. The second kappa shape index (κ2) is 29.3. The zero-order chi connectivity index (χ0) is 32.7. The molecule has 44 heavy (non-hydrogen) atoms. The van der Waals surface area contributed by atoms with E-state index >= 15 is 0 Å². The molecule has 0 unspecified atom stereocenters. The van der Waals surface area contributed by atoms with Crippen LogP contribution in [0.3, 0.4) is 0 Å². The first-order valence-electron chi connectivity index (χ1n) is 15.4. The number of methoxy groups -OCH3 is 1. The fraction of sp³-hybridized carbons (Fsp3) is 0.529. The standard InChI is InChI=1S/C34H52N2O8/c1-3-4-5-6-7-8-9-10-11-12-13-14-15-16-17-18-19-23-32(40)36-30(34(42)44-29(27-37)28-38)22-20-21-26-35-31(39)24-25-33(41)43-2/h4-5,7-8,10-11,13-14,16-17,24-25,29-30,37-38H,3,6,9,12,15,18-23,26-28H2,1-2H3,(H,35,39)(H,36,40)/b5-4-,8-7-,11-10-,14-13-,17-16-,25-24+/t30-/m0/s1. The van der Waals surface area contributed by atoms with E-state index in [1.165, 1.54) is 7.11 Å². The summed E-state index contributed by atoms with van der Waals surface area (Å²) in [4.78, 5) is 47.8. The number of amides is 2. The van der Waals surface area contributed by atoms with Gasteiger partial charge in [0, 0.05) is 25.1 Å². The van der Waals surface area contributed by atoms with Crippen LogP contribution in [0.25, 0.3) is 0 Å². The van der Waals surface area contributed by atoms with Crippen molar-refractivity contribution in [1.82, 2.24) is 10.6 Å². The van der Waals surface area contributed by atoms with Gasteiger partial charge in [0.2, 0.25) is 11.8 Å². The second-order valence-corrected chi connectivity index (χ2v) is 9.79. The molecule has 0 aliphatic carbocycles. The molecule has 10 nitrogen and oxygen atoms in total. The molecule has 0 heterocycles. The third-order valence-electron chi connectivity index (χ3n) is 6.03. The number of hydrogen-bond acceptors (Lipinski definition) is 8. The Morgan fingerprint density at radius 1 is 0.750 bits per heavy atom. The number of aliphatic hydroxyl groups is 2. The molecule has 0 saturated heterocycles. The number of carbonyl (C=O) groups is 4. The number of aliphatic hydroxyl groups excluding tert-OH is 2. The highest BCUT2D eigenvalue weighted by Gasteiger charge is 2.24. The Morgan fingerprint density at radius 3 is 1.86 bits per heavy atom. The maximum Gasteiger partial charge on any atom is 0.330 e. The molecule has 2 amide bonds. The molecule has 0 bridgehead atoms.